The second kappa shape index (κ2) is 4.72. The minimum Gasteiger partial charge on any atom is -0.346 e. The maximum absolute atomic E-state index is 4.60. The third kappa shape index (κ3) is 2.27. The van der Waals surface area contributed by atoms with E-state index in [2.05, 4.69) is 39.9 Å². The van der Waals surface area contributed by atoms with Gasteiger partial charge in [-0.15, -0.1) is 11.3 Å². The molecular formula is C13H18N4S. The predicted octanol–water partition coefficient (Wildman–Crippen LogP) is 3.55. The number of aromatic nitrogens is 3. The van der Waals surface area contributed by atoms with E-state index in [1.807, 2.05) is 11.6 Å². The number of rotatable bonds is 5. The summed E-state index contributed by atoms with van der Waals surface area (Å²) >= 11 is 1.70. The molecule has 2 aromatic heterocycles. The van der Waals surface area contributed by atoms with Crippen LogP contribution in [0.25, 0.3) is 0 Å². The van der Waals surface area contributed by atoms with Gasteiger partial charge in [-0.1, -0.05) is 6.92 Å². The Balaban J connectivity index is 1.82. The lowest BCUT2D eigenvalue weighted by atomic mass is 10.2. The highest BCUT2D eigenvalue weighted by molar-refractivity contribution is 7.09. The molecule has 0 spiro atoms. The minimum atomic E-state index is 0.268. The zero-order valence-electron chi connectivity index (χ0n) is 10.8. The van der Waals surface area contributed by atoms with Gasteiger partial charge in [-0.3, -0.25) is 0 Å². The van der Waals surface area contributed by atoms with Crippen molar-refractivity contribution >= 4 is 17.3 Å². The van der Waals surface area contributed by atoms with Crippen molar-refractivity contribution < 1.29 is 0 Å². The molecular weight excluding hydrogens is 244 g/mol. The fourth-order valence-electron chi connectivity index (χ4n) is 2.15. The van der Waals surface area contributed by atoms with Crippen molar-refractivity contribution in [1.29, 1.82) is 0 Å². The summed E-state index contributed by atoms with van der Waals surface area (Å²) in [7, 11) is 0. The molecule has 5 heteroatoms. The summed E-state index contributed by atoms with van der Waals surface area (Å²) in [6, 6.07) is 0.923. The minimum absolute atomic E-state index is 0.268. The summed E-state index contributed by atoms with van der Waals surface area (Å²) < 4.78 is 2.28. The van der Waals surface area contributed by atoms with Crippen LogP contribution in [-0.2, 0) is 0 Å². The number of nitrogens with one attached hydrogen (secondary N) is 1. The second-order valence-electron chi connectivity index (χ2n) is 4.82. The van der Waals surface area contributed by atoms with Gasteiger partial charge in [-0.25, -0.2) is 9.97 Å². The summed E-state index contributed by atoms with van der Waals surface area (Å²) in [5.74, 6) is 0.997. The normalized spacial score (nSPS) is 16.8. The maximum atomic E-state index is 4.60. The molecule has 3 rings (SSSR count). The summed E-state index contributed by atoms with van der Waals surface area (Å²) in [6.07, 6.45) is 7.58. The highest BCUT2D eigenvalue weighted by Gasteiger charge is 2.27. The molecule has 0 aromatic carbocycles. The van der Waals surface area contributed by atoms with Crippen molar-refractivity contribution in [3.8, 4) is 0 Å². The van der Waals surface area contributed by atoms with E-state index in [-0.39, 0.29) is 6.04 Å². The average Bonchev–Trinajstić information content (AvgIpc) is 2.93. The van der Waals surface area contributed by atoms with Gasteiger partial charge in [-0.2, -0.15) is 0 Å². The van der Waals surface area contributed by atoms with Gasteiger partial charge >= 0.3 is 0 Å². The number of anilines is 1. The largest absolute Gasteiger partial charge is 0.346 e. The van der Waals surface area contributed by atoms with Crippen LogP contribution in [-0.4, -0.2) is 14.5 Å². The van der Waals surface area contributed by atoms with Gasteiger partial charge in [-0.05, 0) is 26.2 Å². The Morgan fingerprint density at radius 1 is 1.56 bits per heavy atom. The Kier molecular flexibility index (Phi) is 3.07. The Hall–Kier alpha value is -1.36. The second-order valence-corrected chi connectivity index (χ2v) is 5.75. The number of hydrogen-bond donors (Lipinski definition) is 1. The van der Waals surface area contributed by atoms with Gasteiger partial charge in [0.25, 0.3) is 0 Å². The fraction of sp³-hybridized carbons (Fsp3) is 0.538. The summed E-state index contributed by atoms with van der Waals surface area (Å²) in [5, 5.41) is 6.71. The molecule has 18 heavy (non-hydrogen) atoms. The van der Waals surface area contributed by atoms with Gasteiger partial charge in [0.2, 0.25) is 5.95 Å². The quantitative estimate of drug-likeness (QED) is 0.896. The Morgan fingerprint density at radius 2 is 2.39 bits per heavy atom. The monoisotopic (exact) mass is 262 g/mol. The molecule has 1 saturated carbocycles. The van der Waals surface area contributed by atoms with Crippen LogP contribution in [0.4, 0.5) is 5.95 Å². The highest BCUT2D eigenvalue weighted by atomic mass is 32.1. The fourth-order valence-corrected chi connectivity index (χ4v) is 2.93. The first-order chi connectivity index (χ1) is 8.78. The molecule has 1 fully saturated rings. The van der Waals surface area contributed by atoms with Crippen molar-refractivity contribution in [3.05, 3.63) is 28.5 Å². The Morgan fingerprint density at radius 3 is 3.00 bits per heavy atom. The zero-order valence-corrected chi connectivity index (χ0v) is 11.6. The molecule has 96 valence electrons. The SMILES string of the molecule is CCC(Nc1nc(C)cn1C1CC1)c1nccs1. The van der Waals surface area contributed by atoms with Gasteiger partial charge in [0.15, 0.2) is 0 Å². The van der Waals surface area contributed by atoms with Crippen LogP contribution in [0.15, 0.2) is 17.8 Å². The molecule has 2 aromatic rings. The van der Waals surface area contributed by atoms with Crippen molar-refractivity contribution in [3.63, 3.8) is 0 Å². The van der Waals surface area contributed by atoms with E-state index in [1.54, 1.807) is 11.3 Å². The van der Waals surface area contributed by atoms with E-state index in [0.717, 1.165) is 23.1 Å². The molecule has 0 saturated heterocycles. The molecule has 1 unspecified atom stereocenters. The van der Waals surface area contributed by atoms with Crippen LogP contribution in [0.5, 0.6) is 0 Å². The third-order valence-electron chi connectivity index (χ3n) is 3.25. The average molecular weight is 262 g/mol. The van der Waals surface area contributed by atoms with E-state index >= 15 is 0 Å². The van der Waals surface area contributed by atoms with Gasteiger partial charge in [0, 0.05) is 23.8 Å². The first-order valence-electron chi connectivity index (χ1n) is 6.49. The van der Waals surface area contributed by atoms with Crippen LogP contribution in [0.1, 0.15) is 49.0 Å². The van der Waals surface area contributed by atoms with E-state index in [9.17, 15) is 0 Å². The summed E-state index contributed by atoms with van der Waals surface area (Å²) in [6.45, 7) is 4.23. The molecule has 4 nitrogen and oxygen atoms in total. The first-order valence-corrected chi connectivity index (χ1v) is 7.37. The smallest absolute Gasteiger partial charge is 0.203 e. The van der Waals surface area contributed by atoms with Gasteiger partial charge < -0.3 is 9.88 Å². The third-order valence-corrected chi connectivity index (χ3v) is 4.14. The molecule has 0 radical (unpaired) electrons. The van der Waals surface area contributed by atoms with Crippen molar-refractivity contribution in [1.82, 2.24) is 14.5 Å². The molecule has 2 heterocycles. The van der Waals surface area contributed by atoms with Crippen molar-refractivity contribution in [2.45, 2.75) is 45.2 Å². The van der Waals surface area contributed by atoms with Gasteiger partial charge in [0.1, 0.15) is 5.01 Å². The lowest BCUT2D eigenvalue weighted by Gasteiger charge is -2.16. The summed E-state index contributed by atoms with van der Waals surface area (Å²) in [5.41, 5.74) is 1.08. The highest BCUT2D eigenvalue weighted by Crippen LogP contribution is 2.38. The van der Waals surface area contributed by atoms with Crippen LogP contribution in [0.2, 0.25) is 0 Å². The van der Waals surface area contributed by atoms with Crippen molar-refractivity contribution in [2.24, 2.45) is 0 Å². The molecule has 1 N–H and O–H groups in total. The number of thiazole rings is 1. The first kappa shape index (κ1) is 11.7. The zero-order chi connectivity index (χ0) is 12.5. The van der Waals surface area contributed by atoms with E-state index < -0.39 is 0 Å². The van der Waals surface area contributed by atoms with Crippen molar-refractivity contribution in [2.75, 3.05) is 5.32 Å². The van der Waals surface area contributed by atoms with E-state index in [1.165, 1.54) is 12.8 Å². The molecule has 0 amide bonds. The maximum Gasteiger partial charge on any atom is 0.203 e. The van der Waals surface area contributed by atoms with Gasteiger partial charge in [0.05, 0.1) is 11.7 Å². The van der Waals surface area contributed by atoms with Crippen LogP contribution in [0, 0.1) is 6.92 Å². The molecule has 0 aliphatic heterocycles. The lowest BCUT2D eigenvalue weighted by molar-refractivity contribution is 0.691. The van der Waals surface area contributed by atoms with Crippen LogP contribution in [0.3, 0.4) is 0 Å². The Labute approximate surface area is 111 Å². The van der Waals surface area contributed by atoms with Crippen LogP contribution < -0.4 is 5.32 Å². The number of imidazole rings is 1. The van der Waals surface area contributed by atoms with Crippen LogP contribution >= 0.6 is 11.3 Å². The summed E-state index contributed by atoms with van der Waals surface area (Å²) in [4.78, 5) is 9.00. The molecule has 1 atom stereocenters. The standard InChI is InChI=1S/C13H18N4S/c1-3-11(12-14-6-7-18-12)16-13-15-9(2)8-17(13)10-4-5-10/h6-8,10-11H,3-5H2,1-2H3,(H,15,16). The molecule has 1 aliphatic rings. The number of hydrogen-bond acceptors (Lipinski definition) is 4. The molecule has 1 aliphatic carbocycles. The predicted molar refractivity (Wildman–Crippen MR) is 74.0 cm³/mol. The number of aryl methyl sites for hydroxylation is 1. The lowest BCUT2D eigenvalue weighted by Crippen LogP contribution is -2.13. The van der Waals surface area contributed by atoms with E-state index in [4.69, 9.17) is 0 Å². The molecule has 0 bridgehead atoms. The topological polar surface area (TPSA) is 42.7 Å². The van der Waals surface area contributed by atoms with E-state index in [0.29, 0.717) is 6.04 Å². The number of nitrogens with zero attached hydrogens (tertiary/aromatic N) is 3. The Bertz CT molecular complexity index is 513.